The minimum Gasteiger partial charge on any atom is -0.343 e. The first-order valence-electron chi connectivity index (χ1n) is 9.91. The smallest absolute Gasteiger partial charge is 0.243 e. The molecule has 1 atom stereocenters. The third-order valence-electron chi connectivity index (χ3n) is 5.91. The molecule has 1 aromatic rings. The van der Waals surface area contributed by atoms with Crippen molar-refractivity contribution in [2.45, 2.75) is 56.0 Å². The fourth-order valence-corrected chi connectivity index (χ4v) is 5.78. The number of carbonyl (C=O) groups excluding carboxylic acids is 2. The van der Waals surface area contributed by atoms with Crippen molar-refractivity contribution in [3.8, 4) is 0 Å². The van der Waals surface area contributed by atoms with Crippen LogP contribution in [0.25, 0.3) is 0 Å². The monoisotopic (exact) mass is 407 g/mol. The lowest BCUT2D eigenvalue weighted by Crippen LogP contribution is -2.55. The quantitative estimate of drug-likeness (QED) is 0.761. The molecule has 8 heteroatoms. The minimum absolute atomic E-state index is 0.0252. The Bertz CT molecular complexity index is 804. The molecule has 1 unspecified atom stereocenters. The summed E-state index contributed by atoms with van der Waals surface area (Å²) in [6.45, 7) is 3.02. The highest BCUT2D eigenvalue weighted by molar-refractivity contribution is 7.89. The van der Waals surface area contributed by atoms with Crippen LogP contribution in [0, 0.1) is 0 Å². The van der Waals surface area contributed by atoms with Gasteiger partial charge in [-0.2, -0.15) is 4.31 Å². The van der Waals surface area contributed by atoms with E-state index in [0.29, 0.717) is 26.1 Å². The topological polar surface area (TPSA) is 78.0 Å². The molecular formula is C20H29N3O4S. The number of benzene rings is 1. The molecular weight excluding hydrogens is 378 g/mol. The maximum absolute atomic E-state index is 13.2. The Balaban J connectivity index is 1.72. The van der Waals surface area contributed by atoms with Crippen molar-refractivity contribution in [3.63, 3.8) is 0 Å². The zero-order chi connectivity index (χ0) is 20.3. The standard InChI is InChI=1S/C20H29N3O4S/c1-16(24)21(2)17-11-14-22(15-12-17)20(25)19-10-6-7-13-23(19)28(26,27)18-8-4-3-5-9-18/h3-5,8-9,17,19H,6-7,10-15H2,1-2H3. The fourth-order valence-electron chi connectivity index (χ4n) is 4.11. The lowest BCUT2D eigenvalue weighted by molar-refractivity contribution is -0.138. The summed E-state index contributed by atoms with van der Waals surface area (Å²) in [7, 11) is -1.91. The second-order valence-electron chi connectivity index (χ2n) is 7.63. The van der Waals surface area contributed by atoms with Crippen LogP contribution in [0.2, 0.25) is 0 Å². The summed E-state index contributed by atoms with van der Waals surface area (Å²) >= 11 is 0. The van der Waals surface area contributed by atoms with Crippen molar-refractivity contribution in [1.29, 1.82) is 0 Å². The minimum atomic E-state index is -3.70. The second kappa shape index (κ2) is 8.61. The lowest BCUT2D eigenvalue weighted by atomic mass is 9.99. The number of carbonyl (C=O) groups is 2. The Morgan fingerprint density at radius 1 is 1.00 bits per heavy atom. The van der Waals surface area contributed by atoms with Crippen LogP contribution in [-0.2, 0) is 19.6 Å². The van der Waals surface area contributed by atoms with Crippen molar-refractivity contribution in [2.24, 2.45) is 0 Å². The Labute approximate surface area is 167 Å². The van der Waals surface area contributed by atoms with Gasteiger partial charge in [0, 0.05) is 39.6 Å². The molecule has 28 heavy (non-hydrogen) atoms. The van der Waals surface area contributed by atoms with E-state index in [4.69, 9.17) is 0 Å². The van der Waals surface area contributed by atoms with E-state index in [-0.39, 0.29) is 22.8 Å². The molecule has 0 aliphatic carbocycles. The lowest BCUT2D eigenvalue weighted by Gasteiger charge is -2.40. The van der Waals surface area contributed by atoms with Crippen molar-refractivity contribution in [3.05, 3.63) is 30.3 Å². The van der Waals surface area contributed by atoms with E-state index in [0.717, 1.165) is 25.7 Å². The summed E-state index contributed by atoms with van der Waals surface area (Å²) in [4.78, 5) is 28.5. The van der Waals surface area contributed by atoms with E-state index in [9.17, 15) is 18.0 Å². The molecule has 0 bridgehead atoms. The van der Waals surface area contributed by atoms with Gasteiger partial charge in [-0.05, 0) is 37.8 Å². The van der Waals surface area contributed by atoms with Crippen LogP contribution in [0.15, 0.2) is 35.2 Å². The van der Waals surface area contributed by atoms with E-state index in [1.165, 1.54) is 4.31 Å². The molecule has 2 saturated heterocycles. The normalized spacial score (nSPS) is 22.1. The Morgan fingerprint density at radius 2 is 1.64 bits per heavy atom. The number of nitrogens with zero attached hydrogens (tertiary/aromatic N) is 3. The number of hydrogen-bond acceptors (Lipinski definition) is 4. The summed E-state index contributed by atoms with van der Waals surface area (Å²) in [6.07, 6.45) is 3.61. The Hall–Kier alpha value is -1.93. The van der Waals surface area contributed by atoms with Gasteiger partial charge in [-0.1, -0.05) is 24.6 Å². The maximum atomic E-state index is 13.2. The first-order valence-corrected chi connectivity index (χ1v) is 11.4. The molecule has 3 rings (SSSR count). The first kappa shape index (κ1) is 20.8. The van der Waals surface area contributed by atoms with Crippen molar-refractivity contribution in [2.75, 3.05) is 26.7 Å². The van der Waals surface area contributed by atoms with Gasteiger partial charge in [-0.15, -0.1) is 0 Å². The first-order chi connectivity index (χ1) is 13.3. The molecule has 7 nitrogen and oxygen atoms in total. The molecule has 0 radical (unpaired) electrons. The van der Waals surface area contributed by atoms with Crippen LogP contribution in [0.4, 0.5) is 0 Å². The summed E-state index contributed by atoms with van der Waals surface area (Å²) in [5.74, 6) is -0.0830. The molecule has 0 aromatic heterocycles. The van der Waals surface area contributed by atoms with Gasteiger partial charge in [-0.25, -0.2) is 8.42 Å². The predicted molar refractivity (Wildman–Crippen MR) is 106 cm³/mol. The molecule has 1 aromatic carbocycles. The number of sulfonamides is 1. The summed E-state index contributed by atoms with van der Waals surface area (Å²) in [5.41, 5.74) is 0. The Kier molecular flexibility index (Phi) is 6.40. The number of likely N-dealkylation sites (tertiary alicyclic amines) is 1. The van der Waals surface area contributed by atoms with Crippen molar-refractivity contribution in [1.82, 2.24) is 14.1 Å². The SMILES string of the molecule is CC(=O)N(C)C1CCN(C(=O)C2CCCCN2S(=O)(=O)c2ccccc2)CC1. The van der Waals surface area contributed by atoms with Gasteiger partial charge >= 0.3 is 0 Å². The van der Waals surface area contributed by atoms with Gasteiger partial charge in [0.1, 0.15) is 6.04 Å². The molecule has 2 heterocycles. The fraction of sp³-hybridized carbons (Fsp3) is 0.600. The molecule has 154 valence electrons. The molecule has 0 N–H and O–H groups in total. The third-order valence-corrected chi connectivity index (χ3v) is 7.83. The zero-order valence-corrected chi connectivity index (χ0v) is 17.4. The molecule has 0 saturated carbocycles. The van der Waals surface area contributed by atoms with Crippen LogP contribution >= 0.6 is 0 Å². The molecule has 2 aliphatic rings. The maximum Gasteiger partial charge on any atom is 0.243 e. The number of hydrogen-bond donors (Lipinski definition) is 0. The van der Waals surface area contributed by atoms with Gasteiger partial charge in [0.25, 0.3) is 0 Å². The van der Waals surface area contributed by atoms with E-state index >= 15 is 0 Å². The highest BCUT2D eigenvalue weighted by Crippen LogP contribution is 2.27. The average molecular weight is 408 g/mol. The van der Waals surface area contributed by atoms with Gasteiger partial charge in [0.2, 0.25) is 21.8 Å². The molecule has 0 spiro atoms. The van der Waals surface area contributed by atoms with Crippen LogP contribution in [0.5, 0.6) is 0 Å². The van der Waals surface area contributed by atoms with Gasteiger partial charge in [0.15, 0.2) is 0 Å². The molecule has 2 fully saturated rings. The van der Waals surface area contributed by atoms with E-state index in [2.05, 4.69) is 0 Å². The Morgan fingerprint density at radius 3 is 2.25 bits per heavy atom. The van der Waals surface area contributed by atoms with Crippen molar-refractivity contribution < 1.29 is 18.0 Å². The van der Waals surface area contributed by atoms with E-state index in [1.807, 2.05) is 0 Å². The van der Waals surface area contributed by atoms with Crippen LogP contribution in [0.1, 0.15) is 39.0 Å². The molecule has 2 aliphatic heterocycles. The van der Waals surface area contributed by atoms with Crippen LogP contribution in [-0.4, -0.2) is 73.1 Å². The van der Waals surface area contributed by atoms with E-state index < -0.39 is 16.1 Å². The van der Waals surface area contributed by atoms with E-state index in [1.54, 1.807) is 54.1 Å². The van der Waals surface area contributed by atoms with Gasteiger partial charge < -0.3 is 9.80 Å². The molecule has 2 amide bonds. The highest BCUT2D eigenvalue weighted by Gasteiger charge is 2.40. The number of rotatable bonds is 4. The summed E-state index contributed by atoms with van der Waals surface area (Å²) in [6, 6.07) is 7.83. The van der Waals surface area contributed by atoms with Gasteiger partial charge in [-0.3, -0.25) is 9.59 Å². The zero-order valence-electron chi connectivity index (χ0n) is 16.6. The highest BCUT2D eigenvalue weighted by atomic mass is 32.2. The van der Waals surface area contributed by atoms with Crippen LogP contribution < -0.4 is 0 Å². The summed E-state index contributed by atoms with van der Waals surface area (Å²) < 4.78 is 27.6. The number of piperidine rings is 2. The van der Waals surface area contributed by atoms with Gasteiger partial charge in [0.05, 0.1) is 4.90 Å². The second-order valence-corrected chi connectivity index (χ2v) is 9.52. The number of amides is 2. The largest absolute Gasteiger partial charge is 0.343 e. The summed E-state index contributed by atoms with van der Waals surface area (Å²) in [5, 5.41) is 0. The third kappa shape index (κ3) is 4.22. The predicted octanol–water partition coefficient (Wildman–Crippen LogP) is 1.70. The average Bonchev–Trinajstić information content (AvgIpc) is 2.73. The van der Waals surface area contributed by atoms with Crippen LogP contribution in [0.3, 0.4) is 0 Å². The van der Waals surface area contributed by atoms with Crippen molar-refractivity contribution >= 4 is 21.8 Å².